The largest absolute Gasteiger partial charge is 0.349 e. The third kappa shape index (κ3) is 3.23. The molecule has 20 heavy (non-hydrogen) atoms. The summed E-state index contributed by atoms with van der Waals surface area (Å²) in [6, 6.07) is 5.96. The molecule has 1 aromatic carbocycles. The van der Waals surface area contributed by atoms with E-state index in [-0.39, 0.29) is 24.2 Å². The van der Waals surface area contributed by atoms with E-state index in [0.29, 0.717) is 5.56 Å². The molecule has 0 aliphatic rings. The molecule has 0 aliphatic heterocycles. The van der Waals surface area contributed by atoms with Crippen molar-refractivity contribution in [3.8, 4) is 0 Å². The minimum Gasteiger partial charge on any atom is -0.349 e. The molecule has 1 heterocycles. The molecule has 5 heteroatoms. The van der Waals surface area contributed by atoms with Gasteiger partial charge in [-0.05, 0) is 31.5 Å². The van der Waals surface area contributed by atoms with Crippen LogP contribution in [-0.4, -0.2) is 15.7 Å². The fraction of sp³-hybridized carbons (Fsp3) is 0.333. The van der Waals surface area contributed by atoms with Gasteiger partial charge in [0.25, 0.3) is 0 Å². The van der Waals surface area contributed by atoms with Gasteiger partial charge in [-0.3, -0.25) is 9.48 Å². The van der Waals surface area contributed by atoms with Gasteiger partial charge in [0.2, 0.25) is 5.91 Å². The quantitative estimate of drug-likeness (QED) is 0.930. The zero-order chi connectivity index (χ0) is 14.7. The standard InChI is InChI=1S/C15H18FN3O/c1-10(14-9-17-19(3)11(14)2)18-15(20)8-12-5-4-6-13(16)7-12/h4-7,9-10H,8H2,1-3H3,(H,18,20)/t10-/m0/s1. The molecule has 4 nitrogen and oxygen atoms in total. The highest BCUT2D eigenvalue weighted by atomic mass is 19.1. The van der Waals surface area contributed by atoms with Crippen molar-refractivity contribution in [1.82, 2.24) is 15.1 Å². The zero-order valence-corrected chi connectivity index (χ0v) is 11.9. The number of halogens is 1. The topological polar surface area (TPSA) is 46.9 Å². The van der Waals surface area contributed by atoms with E-state index in [2.05, 4.69) is 10.4 Å². The fourth-order valence-corrected chi connectivity index (χ4v) is 2.14. The molecule has 2 aromatic rings. The van der Waals surface area contributed by atoms with Crippen molar-refractivity contribution in [1.29, 1.82) is 0 Å². The first-order chi connectivity index (χ1) is 9.47. The van der Waals surface area contributed by atoms with Crippen LogP contribution in [0, 0.1) is 12.7 Å². The molecular formula is C15H18FN3O. The summed E-state index contributed by atoms with van der Waals surface area (Å²) in [7, 11) is 1.86. The number of aromatic nitrogens is 2. The van der Waals surface area contributed by atoms with Gasteiger partial charge >= 0.3 is 0 Å². The van der Waals surface area contributed by atoms with E-state index < -0.39 is 0 Å². The van der Waals surface area contributed by atoms with Gasteiger partial charge in [-0.15, -0.1) is 0 Å². The number of nitrogens with zero attached hydrogens (tertiary/aromatic N) is 2. The maximum absolute atomic E-state index is 13.1. The number of carbonyl (C=O) groups is 1. The number of carbonyl (C=O) groups excluding carboxylic acids is 1. The van der Waals surface area contributed by atoms with Crippen LogP contribution >= 0.6 is 0 Å². The van der Waals surface area contributed by atoms with Crippen LogP contribution in [0.5, 0.6) is 0 Å². The van der Waals surface area contributed by atoms with Gasteiger partial charge in [0.1, 0.15) is 5.82 Å². The fourth-order valence-electron chi connectivity index (χ4n) is 2.14. The minimum absolute atomic E-state index is 0.121. The smallest absolute Gasteiger partial charge is 0.224 e. The number of rotatable bonds is 4. The Morgan fingerprint density at radius 3 is 2.85 bits per heavy atom. The van der Waals surface area contributed by atoms with Crippen LogP contribution in [0.25, 0.3) is 0 Å². The Kier molecular flexibility index (Phi) is 4.17. The van der Waals surface area contributed by atoms with E-state index in [1.807, 2.05) is 20.9 Å². The lowest BCUT2D eigenvalue weighted by Gasteiger charge is -2.13. The third-order valence-corrected chi connectivity index (χ3v) is 3.37. The van der Waals surface area contributed by atoms with Crippen LogP contribution in [-0.2, 0) is 18.3 Å². The van der Waals surface area contributed by atoms with Crippen molar-refractivity contribution >= 4 is 5.91 Å². The zero-order valence-electron chi connectivity index (χ0n) is 11.9. The number of aryl methyl sites for hydroxylation is 1. The van der Waals surface area contributed by atoms with Gasteiger partial charge < -0.3 is 5.32 Å². The first-order valence-corrected chi connectivity index (χ1v) is 6.49. The summed E-state index contributed by atoms with van der Waals surface area (Å²) in [6.07, 6.45) is 1.92. The van der Waals surface area contributed by atoms with E-state index in [0.717, 1.165) is 11.3 Å². The normalized spacial score (nSPS) is 12.2. The van der Waals surface area contributed by atoms with E-state index in [4.69, 9.17) is 0 Å². The van der Waals surface area contributed by atoms with Crippen molar-refractivity contribution in [3.05, 3.63) is 53.1 Å². The second kappa shape index (κ2) is 5.86. The number of hydrogen-bond acceptors (Lipinski definition) is 2. The molecule has 106 valence electrons. The van der Waals surface area contributed by atoms with Gasteiger partial charge in [0, 0.05) is 18.3 Å². The lowest BCUT2D eigenvalue weighted by molar-refractivity contribution is -0.121. The van der Waals surface area contributed by atoms with E-state index in [9.17, 15) is 9.18 Å². The highest BCUT2D eigenvalue weighted by Crippen LogP contribution is 2.16. The van der Waals surface area contributed by atoms with E-state index >= 15 is 0 Å². The van der Waals surface area contributed by atoms with Gasteiger partial charge in [0.05, 0.1) is 18.7 Å². The maximum Gasteiger partial charge on any atom is 0.224 e. The van der Waals surface area contributed by atoms with Gasteiger partial charge in [-0.1, -0.05) is 12.1 Å². The molecule has 0 saturated heterocycles. The summed E-state index contributed by atoms with van der Waals surface area (Å²) < 4.78 is 14.8. The highest BCUT2D eigenvalue weighted by Gasteiger charge is 2.14. The van der Waals surface area contributed by atoms with Crippen LogP contribution in [0.3, 0.4) is 0 Å². The molecule has 0 bridgehead atoms. The Bertz CT molecular complexity index is 621. The number of nitrogens with one attached hydrogen (secondary N) is 1. The summed E-state index contributed by atoms with van der Waals surface area (Å²) in [6.45, 7) is 3.87. The lowest BCUT2D eigenvalue weighted by atomic mass is 10.1. The molecule has 1 atom stereocenters. The molecule has 0 aliphatic carbocycles. The molecule has 0 radical (unpaired) electrons. The van der Waals surface area contributed by atoms with E-state index in [1.165, 1.54) is 12.1 Å². The van der Waals surface area contributed by atoms with Crippen LogP contribution in [0.15, 0.2) is 30.5 Å². The monoisotopic (exact) mass is 275 g/mol. The molecule has 0 spiro atoms. The van der Waals surface area contributed by atoms with Crippen molar-refractivity contribution in [2.45, 2.75) is 26.3 Å². The Morgan fingerprint density at radius 1 is 1.50 bits per heavy atom. The summed E-state index contributed by atoms with van der Waals surface area (Å²) in [5.74, 6) is -0.460. The van der Waals surface area contributed by atoms with Crippen LogP contribution in [0.2, 0.25) is 0 Å². The molecular weight excluding hydrogens is 257 g/mol. The van der Waals surface area contributed by atoms with Crippen molar-refractivity contribution in [2.24, 2.45) is 7.05 Å². The Hall–Kier alpha value is -2.17. The predicted molar refractivity (Wildman–Crippen MR) is 74.6 cm³/mol. The second-order valence-corrected chi connectivity index (χ2v) is 4.90. The Labute approximate surface area is 117 Å². The van der Waals surface area contributed by atoms with E-state index in [1.54, 1.807) is 23.0 Å². The van der Waals surface area contributed by atoms with Gasteiger partial charge in [-0.25, -0.2) is 4.39 Å². The number of amides is 1. The van der Waals surface area contributed by atoms with Crippen LogP contribution in [0.4, 0.5) is 4.39 Å². The molecule has 1 N–H and O–H groups in total. The first-order valence-electron chi connectivity index (χ1n) is 6.49. The maximum atomic E-state index is 13.1. The minimum atomic E-state index is -0.327. The van der Waals surface area contributed by atoms with Crippen LogP contribution < -0.4 is 5.32 Å². The first kappa shape index (κ1) is 14.2. The molecule has 1 amide bonds. The second-order valence-electron chi connectivity index (χ2n) is 4.90. The SMILES string of the molecule is Cc1c([C@H](C)NC(=O)Cc2cccc(F)c2)cnn1C. The molecule has 1 aromatic heterocycles. The Balaban J connectivity index is 1.99. The van der Waals surface area contributed by atoms with Gasteiger partial charge in [0.15, 0.2) is 0 Å². The Morgan fingerprint density at radius 2 is 2.25 bits per heavy atom. The number of benzene rings is 1. The molecule has 0 fully saturated rings. The highest BCUT2D eigenvalue weighted by molar-refractivity contribution is 5.79. The average Bonchev–Trinajstić information content (AvgIpc) is 2.69. The van der Waals surface area contributed by atoms with Gasteiger partial charge in [-0.2, -0.15) is 5.10 Å². The molecule has 2 rings (SSSR count). The lowest BCUT2D eigenvalue weighted by Crippen LogP contribution is -2.28. The summed E-state index contributed by atoms with van der Waals surface area (Å²) in [5, 5.41) is 7.06. The van der Waals surface area contributed by atoms with Crippen molar-refractivity contribution in [3.63, 3.8) is 0 Å². The van der Waals surface area contributed by atoms with Crippen molar-refractivity contribution < 1.29 is 9.18 Å². The average molecular weight is 275 g/mol. The van der Waals surface area contributed by atoms with Crippen molar-refractivity contribution in [2.75, 3.05) is 0 Å². The molecule has 0 saturated carbocycles. The summed E-state index contributed by atoms with van der Waals surface area (Å²) in [4.78, 5) is 12.0. The molecule has 0 unspecified atom stereocenters. The summed E-state index contributed by atoms with van der Waals surface area (Å²) >= 11 is 0. The number of hydrogen-bond donors (Lipinski definition) is 1. The third-order valence-electron chi connectivity index (χ3n) is 3.37. The van der Waals surface area contributed by atoms with Crippen LogP contribution in [0.1, 0.15) is 29.8 Å². The predicted octanol–water partition coefficient (Wildman–Crippen LogP) is 2.29. The summed E-state index contributed by atoms with van der Waals surface area (Å²) in [5.41, 5.74) is 2.67.